The Hall–Kier alpha value is -1.60. The van der Waals surface area contributed by atoms with Gasteiger partial charge in [-0.25, -0.2) is 0 Å². The number of aromatic nitrogens is 2. The van der Waals surface area contributed by atoms with Gasteiger partial charge >= 0.3 is 0 Å². The lowest BCUT2D eigenvalue weighted by Gasteiger charge is -2.26. The van der Waals surface area contributed by atoms with Crippen molar-refractivity contribution < 1.29 is 9.59 Å². The number of halogens is 1. The van der Waals surface area contributed by atoms with Crippen LogP contribution < -0.4 is 5.32 Å². The Kier molecular flexibility index (Phi) is 5.87. The molecule has 7 nitrogen and oxygen atoms in total. The van der Waals surface area contributed by atoms with Crippen LogP contribution >= 0.6 is 11.6 Å². The second kappa shape index (κ2) is 7.53. The van der Waals surface area contributed by atoms with Crippen LogP contribution in [-0.2, 0) is 11.8 Å². The normalized spacial score (nSPS) is 21.1. The van der Waals surface area contributed by atoms with Crippen LogP contribution in [0, 0.1) is 6.92 Å². The van der Waals surface area contributed by atoms with E-state index in [1.165, 1.54) is 4.68 Å². The molecular formula is C16H26ClN5O2. The van der Waals surface area contributed by atoms with Crippen molar-refractivity contribution in [1.29, 1.82) is 0 Å². The van der Waals surface area contributed by atoms with E-state index in [-0.39, 0.29) is 23.9 Å². The minimum Gasteiger partial charge on any atom is -0.347 e. The van der Waals surface area contributed by atoms with Crippen molar-refractivity contribution in [2.24, 2.45) is 7.05 Å². The number of rotatable bonds is 5. The quantitative estimate of drug-likeness (QED) is 0.857. The summed E-state index contributed by atoms with van der Waals surface area (Å²) in [6.07, 6.45) is 0.603. The fourth-order valence-electron chi connectivity index (χ4n) is 3.27. The lowest BCUT2D eigenvalue weighted by Crippen LogP contribution is -2.44. The zero-order valence-electron chi connectivity index (χ0n) is 15.0. The number of likely N-dealkylation sites (N-methyl/N-ethyl adjacent to an activating group) is 2. The molecular weight excluding hydrogens is 330 g/mol. The van der Waals surface area contributed by atoms with E-state index in [4.69, 9.17) is 11.6 Å². The van der Waals surface area contributed by atoms with Crippen LogP contribution in [0.25, 0.3) is 0 Å². The number of hydrogen-bond donors (Lipinski definition) is 1. The highest BCUT2D eigenvalue weighted by atomic mass is 35.5. The summed E-state index contributed by atoms with van der Waals surface area (Å²) in [6, 6.07) is -0.280. The van der Waals surface area contributed by atoms with Gasteiger partial charge in [-0.1, -0.05) is 11.6 Å². The molecule has 0 radical (unpaired) electrons. The predicted octanol–water partition coefficient (Wildman–Crippen LogP) is 1.05. The van der Waals surface area contributed by atoms with E-state index in [2.05, 4.69) is 10.4 Å². The molecule has 0 saturated carbocycles. The summed E-state index contributed by atoms with van der Waals surface area (Å²) in [5.74, 6) is -0.133. The highest BCUT2D eigenvalue weighted by Crippen LogP contribution is 2.22. The summed E-state index contributed by atoms with van der Waals surface area (Å²) in [6.45, 7) is 7.74. The van der Waals surface area contributed by atoms with Crippen LogP contribution in [0.3, 0.4) is 0 Å². The Morgan fingerprint density at radius 3 is 2.46 bits per heavy atom. The molecule has 2 rings (SSSR count). The number of likely N-dealkylation sites (tertiary alicyclic amines) is 1. The van der Waals surface area contributed by atoms with Crippen LogP contribution in [0.15, 0.2) is 0 Å². The first-order valence-corrected chi connectivity index (χ1v) is 8.66. The molecule has 2 heterocycles. The molecule has 0 aliphatic carbocycles. The molecule has 8 heteroatoms. The van der Waals surface area contributed by atoms with Crippen molar-refractivity contribution in [1.82, 2.24) is 24.9 Å². The van der Waals surface area contributed by atoms with E-state index in [0.717, 1.165) is 0 Å². The molecule has 1 aliphatic heterocycles. The summed E-state index contributed by atoms with van der Waals surface area (Å²) < 4.78 is 1.49. The molecule has 1 N–H and O–H groups in total. The molecule has 1 saturated heterocycles. The van der Waals surface area contributed by atoms with Gasteiger partial charge in [0.25, 0.3) is 5.91 Å². The lowest BCUT2D eigenvalue weighted by atomic mass is 10.1. The number of carbonyl (C=O) groups excluding carboxylic acids is 2. The van der Waals surface area contributed by atoms with E-state index >= 15 is 0 Å². The van der Waals surface area contributed by atoms with Gasteiger partial charge in [0.05, 0.1) is 16.8 Å². The molecule has 1 aromatic rings. The molecule has 2 amide bonds. The third-order valence-electron chi connectivity index (χ3n) is 4.61. The molecule has 24 heavy (non-hydrogen) atoms. The predicted molar refractivity (Wildman–Crippen MR) is 93.2 cm³/mol. The maximum absolute atomic E-state index is 12.6. The molecule has 2 atom stereocenters. The number of nitrogens with zero attached hydrogens (tertiary/aromatic N) is 4. The second-order valence-corrected chi connectivity index (χ2v) is 6.62. The number of carbonyl (C=O) groups is 2. The Morgan fingerprint density at radius 2 is 1.96 bits per heavy atom. The average Bonchev–Trinajstić information content (AvgIpc) is 3.00. The number of amides is 2. The molecule has 1 aromatic heterocycles. The third-order valence-corrected chi connectivity index (χ3v) is 5.06. The first kappa shape index (κ1) is 18.7. The van der Waals surface area contributed by atoms with Gasteiger partial charge in [0.2, 0.25) is 5.91 Å². The molecule has 1 aliphatic rings. The molecule has 0 spiro atoms. The van der Waals surface area contributed by atoms with Crippen LogP contribution in [0.4, 0.5) is 0 Å². The summed E-state index contributed by atoms with van der Waals surface area (Å²) in [5, 5.41) is 7.52. The van der Waals surface area contributed by atoms with Crippen molar-refractivity contribution in [2.45, 2.75) is 39.3 Å². The van der Waals surface area contributed by atoms with Gasteiger partial charge in [-0.2, -0.15) is 5.10 Å². The monoisotopic (exact) mass is 355 g/mol. The first-order valence-electron chi connectivity index (χ1n) is 8.29. The highest BCUT2D eigenvalue weighted by Gasteiger charge is 2.37. The van der Waals surface area contributed by atoms with E-state index in [0.29, 0.717) is 42.5 Å². The second-order valence-electron chi connectivity index (χ2n) is 6.24. The number of nitrogens with one attached hydrogen (secondary N) is 1. The van der Waals surface area contributed by atoms with E-state index in [1.54, 1.807) is 14.0 Å². The summed E-state index contributed by atoms with van der Waals surface area (Å²) in [4.78, 5) is 28.9. The van der Waals surface area contributed by atoms with Gasteiger partial charge in [-0.05, 0) is 34.2 Å². The van der Waals surface area contributed by atoms with Crippen molar-refractivity contribution in [3.05, 3.63) is 16.4 Å². The standard InChI is InChI=1S/C16H26ClN5O2/c1-6-22(7-2)16(24)12-8-11(9-20(12)4)18-15(23)14-13(17)10(3)19-21(14)5/h11-12H,6-9H2,1-5H3,(H,18,23)/t11-,12+/m1/s1. The van der Waals surface area contributed by atoms with Crippen molar-refractivity contribution >= 4 is 23.4 Å². The summed E-state index contributed by atoms with van der Waals surface area (Å²) >= 11 is 6.17. The Balaban J connectivity index is 2.05. The van der Waals surface area contributed by atoms with Crippen molar-refractivity contribution in [3.8, 4) is 0 Å². The van der Waals surface area contributed by atoms with Crippen LogP contribution in [-0.4, -0.2) is 70.2 Å². The van der Waals surface area contributed by atoms with Gasteiger partial charge in [0, 0.05) is 32.7 Å². The maximum Gasteiger partial charge on any atom is 0.271 e. The molecule has 0 unspecified atom stereocenters. The Labute approximate surface area is 147 Å². The number of aryl methyl sites for hydroxylation is 2. The summed E-state index contributed by atoms with van der Waals surface area (Å²) in [5.41, 5.74) is 0.984. The minimum absolute atomic E-state index is 0.0849. The Bertz CT molecular complexity index is 626. The van der Waals surface area contributed by atoms with E-state index in [1.807, 2.05) is 30.7 Å². The van der Waals surface area contributed by atoms with Crippen LogP contribution in [0.5, 0.6) is 0 Å². The zero-order valence-corrected chi connectivity index (χ0v) is 15.7. The molecule has 134 valence electrons. The zero-order chi connectivity index (χ0) is 18.0. The maximum atomic E-state index is 12.6. The van der Waals surface area contributed by atoms with Gasteiger partial charge in [-0.3, -0.25) is 19.2 Å². The van der Waals surface area contributed by atoms with Gasteiger partial charge in [-0.15, -0.1) is 0 Å². The van der Waals surface area contributed by atoms with Gasteiger partial charge in [0.15, 0.2) is 0 Å². The average molecular weight is 356 g/mol. The van der Waals surface area contributed by atoms with Crippen LogP contribution in [0.1, 0.15) is 36.5 Å². The SMILES string of the molecule is CCN(CC)C(=O)[C@@H]1C[C@@H](NC(=O)c2c(Cl)c(C)nn2C)CN1C. The number of hydrogen-bond acceptors (Lipinski definition) is 4. The topological polar surface area (TPSA) is 70.5 Å². The minimum atomic E-state index is -0.252. The molecule has 0 aromatic carbocycles. The van der Waals surface area contributed by atoms with E-state index in [9.17, 15) is 9.59 Å². The van der Waals surface area contributed by atoms with E-state index < -0.39 is 0 Å². The summed E-state index contributed by atoms with van der Waals surface area (Å²) in [7, 11) is 3.61. The fourth-order valence-corrected chi connectivity index (χ4v) is 3.52. The Morgan fingerprint density at radius 1 is 1.33 bits per heavy atom. The first-order chi connectivity index (χ1) is 11.3. The highest BCUT2D eigenvalue weighted by molar-refractivity contribution is 6.34. The van der Waals surface area contributed by atoms with Crippen molar-refractivity contribution in [3.63, 3.8) is 0 Å². The van der Waals surface area contributed by atoms with Gasteiger partial charge < -0.3 is 10.2 Å². The molecule has 0 bridgehead atoms. The van der Waals surface area contributed by atoms with Gasteiger partial charge in [0.1, 0.15) is 5.69 Å². The largest absolute Gasteiger partial charge is 0.347 e. The third kappa shape index (κ3) is 3.57. The van der Waals surface area contributed by atoms with Crippen molar-refractivity contribution in [2.75, 3.05) is 26.7 Å². The smallest absolute Gasteiger partial charge is 0.271 e. The van der Waals surface area contributed by atoms with Crippen LogP contribution in [0.2, 0.25) is 5.02 Å². The fraction of sp³-hybridized carbons (Fsp3) is 0.688. The molecule has 1 fully saturated rings. The lowest BCUT2D eigenvalue weighted by molar-refractivity contribution is -0.135.